The second-order valence-electron chi connectivity index (χ2n) is 6.50. The summed E-state index contributed by atoms with van der Waals surface area (Å²) >= 11 is 0. The average Bonchev–Trinajstić information content (AvgIpc) is 2.98. The van der Waals surface area contributed by atoms with Gasteiger partial charge in [0.2, 0.25) is 0 Å². The maximum Gasteiger partial charge on any atom is -0.00905 e. The Balaban J connectivity index is 2.38. The van der Waals surface area contributed by atoms with Crippen molar-refractivity contribution >= 4 is 5.57 Å². The quantitative estimate of drug-likeness (QED) is 0.564. The highest BCUT2D eigenvalue weighted by atomic mass is 14.3. The molecule has 0 aliphatic heterocycles. The molecule has 114 valence electrons. The standard InChI is InChI=1S/C21H30/c1-6-15(4)19-13-20(16(5)7-2)21(14-19)18-11-9-17(8-3)10-12-18/h9-12,14-16H,6-8,13H2,1-5H3. The first kappa shape index (κ1) is 16.1. The summed E-state index contributed by atoms with van der Waals surface area (Å²) in [7, 11) is 0. The Labute approximate surface area is 131 Å². The van der Waals surface area contributed by atoms with Gasteiger partial charge in [-0.15, -0.1) is 0 Å². The fraction of sp³-hybridized carbons (Fsp3) is 0.524. The van der Waals surface area contributed by atoms with Gasteiger partial charge in [-0.05, 0) is 54.2 Å². The van der Waals surface area contributed by atoms with Gasteiger partial charge in [-0.2, -0.15) is 0 Å². The van der Waals surface area contributed by atoms with E-state index >= 15 is 0 Å². The van der Waals surface area contributed by atoms with Crippen molar-refractivity contribution in [1.29, 1.82) is 0 Å². The minimum Gasteiger partial charge on any atom is -0.0648 e. The Morgan fingerprint density at radius 2 is 1.52 bits per heavy atom. The van der Waals surface area contributed by atoms with E-state index in [9.17, 15) is 0 Å². The van der Waals surface area contributed by atoms with E-state index in [2.05, 4.69) is 65.0 Å². The maximum absolute atomic E-state index is 2.48. The van der Waals surface area contributed by atoms with E-state index in [1.807, 2.05) is 0 Å². The molecule has 2 rings (SSSR count). The molecule has 0 N–H and O–H groups in total. The summed E-state index contributed by atoms with van der Waals surface area (Å²) < 4.78 is 0. The first-order chi connectivity index (χ1) is 10.1. The predicted molar refractivity (Wildman–Crippen MR) is 94.4 cm³/mol. The van der Waals surface area contributed by atoms with Crippen LogP contribution in [0.25, 0.3) is 5.57 Å². The minimum absolute atomic E-state index is 0.684. The second kappa shape index (κ2) is 7.11. The molecule has 21 heavy (non-hydrogen) atoms. The fourth-order valence-corrected chi connectivity index (χ4v) is 3.10. The van der Waals surface area contributed by atoms with Crippen molar-refractivity contribution in [3.63, 3.8) is 0 Å². The smallest absolute Gasteiger partial charge is 0.00905 e. The summed E-state index contributed by atoms with van der Waals surface area (Å²) in [5.41, 5.74) is 7.61. The highest BCUT2D eigenvalue weighted by Gasteiger charge is 2.23. The molecular weight excluding hydrogens is 252 g/mol. The molecule has 1 aliphatic carbocycles. The van der Waals surface area contributed by atoms with Crippen LogP contribution in [0.2, 0.25) is 0 Å². The van der Waals surface area contributed by atoms with Crippen LogP contribution in [-0.4, -0.2) is 0 Å². The van der Waals surface area contributed by atoms with Crippen LogP contribution in [0.1, 0.15) is 65.0 Å². The van der Waals surface area contributed by atoms with E-state index in [4.69, 9.17) is 0 Å². The lowest BCUT2D eigenvalue weighted by Crippen LogP contribution is -2.01. The molecule has 1 aromatic rings. The molecule has 0 saturated heterocycles. The number of aryl methyl sites for hydroxylation is 1. The van der Waals surface area contributed by atoms with Crippen molar-refractivity contribution in [2.75, 3.05) is 0 Å². The van der Waals surface area contributed by atoms with Crippen LogP contribution in [0.5, 0.6) is 0 Å². The average molecular weight is 282 g/mol. The van der Waals surface area contributed by atoms with Gasteiger partial charge >= 0.3 is 0 Å². The molecule has 0 radical (unpaired) electrons. The molecule has 1 aliphatic rings. The molecule has 0 bridgehead atoms. The third-order valence-corrected chi connectivity index (χ3v) is 5.20. The van der Waals surface area contributed by atoms with E-state index in [1.165, 1.54) is 36.0 Å². The van der Waals surface area contributed by atoms with Crippen molar-refractivity contribution in [2.24, 2.45) is 11.8 Å². The molecular formula is C21H30. The highest BCUT2D eigenvalue weighted by molar-refractivity contribution is 5.81. The van der Waals surface area contributed by atoms with Crippen LogP contribution in [0.3, 0.4) is 0 Å². The Morgan fingerprint density at radius 3 is 2.05 bits per heavy atom. The van der Waals surface area contributed by atoms with E-state index < -0.39 is 0 Å². The van der Waals surface area contributed by atoms with Crippen LogP contribution in [0.15, 0.2) is 41.5 Å². The molecule has 0 aromatic heterocycles. The van der Waals surface area contributed by atoms with Crippen LogP contribution in [0.4, 0.5) is 0 Å². The predicted octanol–water partition coefficient (Wildman–Crippen LogP) is 6.42. The first-order valence-corrected chi connectivity index (χ1v) is 8.63. The molecule has 1 aromatic carbocycles. The molecule has 0 fully saturated rings. The van der Waals surface area contributed by atoms with Crippen LogP contribution in [0, 0.1) is 11.8 Å². The molecule has 2 atom stereocenters. The lowest BCUT2D eigenvalue weighted by molar-refractivity contribution is 0.604. The van der Waals surface area contributed by atoms with Gasteiger partial charge in [0.25, 0.3) is 0 Å². The Morgan fingerprint density at radius 1 is 0.905 bits per heavy atom. The summed E-state index contributed by atoms with van der Waals surface area (Å²) in [4.78, 5) is 0. The zero-order valence-electron chi connectivity index (χ0n) is 14.4. The topological polar surface area (TPSA) is 0 Å². The largest absolute Gasteiger partial charge is 0.0648 e. The lowest BCUT2D eigenvalue weighted by atomic mass is 9.89. The first-order valence-electron chi connectivity index (χ1n) is 8.63. The molecule has 0 saturated carbocycles. The maximum atomic E-state index is 2.48. The summed E-state index contributed by atoms with van der Waals surface area (Å²) in [6.45, 7) is 11.6. The Bertz CT molecular complexity index is 528. The molecule has 0 spiro atoms. The molecule has 0 amide bonds. The zero-order chi connectivity index (χ0) is 15.4. The SMILES string of the molecule is CCc1ccc(C2=C(C(C)CC)CC(C(C)CC)=C2)cc1. The highest BCUT2D eigenvalue weighted by Crippen LogP contribution is 2.40. The lowest BCUT2D eigenvalue weighted by Gasteiger charge is -2.16. The van der Waals surface area contributed by atoms with Gasteiger partial charge in [0.15, 0.2) is 0 Å². The van der Waals surface area contributed by atoms with Crippen molar-refractivity contribution in [2.45, 2.75) is 60.3 Å². The van der Waals surface area contributed by atoms with Crippen LogP contribution >= 0.6 is 0 Å². The number of hydrogen-bond acceptors (Lipinski definition) is 0. The van der Waals surface area contributed by atoms with Crippen LogP contribution in [-0.2, 0) is 6.42 Å². The van der Waals surface area contributed by atoms with Gasteiger partial charge in [0.1, 0.15) is 0 Å². The van der Waals surface area contributed by atoms with Crippen molar-refractivity contribution in [3.8, 4) is 0 Å². The van der Waals surface area contributed by atoms with Gasteiger partial charge in [-0.25, -0.2) is 0 Å². The normalized spacial score (nSPS) is 17.9. The third kappa shape index (κ3) is 3.48. The van der Waals surface area contributed by atoms with E-state index in [0.717, 1.165) is 6.42 Å². The number of hydrogen-bond donors (Lipinski definition) is 0. The Hall–Kier alpha value is -1.30. The van der Waals surface area contributed by atoms with Gasteiger partial charge in [-0.3, -0.25) is 0 Å². The monoisotopic (exact) mass is 282 g/mol. The van der Waals surface area contributed by atoms with Crippen LogP contribution < -0.4 is 0 Å². The third-order valence-electron chi connectivity index (χ3n) is 5.20. The number of allylic oxidation sites excluding steroid dienone is 4. The van der Waals surface area contributed by atoms with E-state index in [0.29, 0.717) is 11.8 Å². The molecule has 2 unspecified atom stereocenters. The van der Waals surface area contributed by atoms with Crippen molar-refractivity contribution in [1.82, 2.24) is 0 Å². The van der Waals surface area contributed by atoms with Gasteiger partial charge in [0.05, 0.1) is 0 Å². The summed E-state index contributed by atoms with van der Waals surface area (Å²) in [5.74, 6) is 1.39. The summed E-state index contributed by atoms with van der Waals surface area (Å²) in [5, 5.41) is 0. The van der Waals surface area contributed by atoms with E-state index in [-0.39, 0.29) is 0 Å². The summed E-state index contributed by atoms with van der Waals surface area (Å²) in [6.07, 6.45) is 7.26. The number of rotatable bonds is 6. The fourth-order valence-electron chi connectivity index (χ4n) is 3.10. The van der Waals surface area contributed by atoms with Gasteiger partial charge in [-0.1, -0.05) is 76.1 Å². The Kier molecular flexibility index (Phi) is 5.45. The molecule has 0 heterocycles. The minimum atomic E-state index is 0.684. The number of benzene rings is 1. The van der Waals surface area contributed by atoms with Gasteiger partial charge in [0, 0.05) is 0 Å². The van der Waals surface area contributed by atoms with E-state index in [1.54, 1.807) is 11.1 Å². The molecule has 0 nitrogen and oxygen atoms in total. The second-order valence-corrected chi connectivity index (χ2v) is 6.50. The zero-order valence-corrected chi connectivity index (χ0v) is 14.4. The van der Waals surface area contributed by atoms with Crippen molar-refractivity contribution in [3.05, 3.63) is 52.6 Å². The van der Waals surface area contributed by atoms with Crippen molar-refractivity contribution < 1.29 is 0 Å². The van der Waals surface area contributed by atoms with Gasteiger partial charge < -0.3 is 0 Å². The summed E-state index contributed by atoms with van der Waals surface area (Å²) in [6, 6.07) is 9.19. The molecule has 0 heteroatoms.